The summed E-state index contributed by atoms with van der Waals surface area (Å²) in [6.45, 7) is 3.92. The van der Waals surface area contributed by atoms with Gasteiger partial charge in [0.1, 0.15) is 5.69 Å². The van der Waals surface area contributed by atoms with Crippen molar-refractivity contribution in [1.82, 2.24) is 25.2 Å². The molecule has 1 unspecified atom stereocenters. The van der Waals surface area contributed by atoms with Crippen molar-refractivity contribution in [2.24, 2.45) is 0 Å². The lowest BCUT2D eigenvalue weighted by Gasteiger charge is -2.39. The molecule has 48 heavy (non-hydrogen) atoms. The van der Waals surface area contributed by atoms with Gasteiger partial charge in [0, 0.05) is 60.4 Å². The summed E-state index contributed by atoms with van der Waals surface area (Å²) in [5.41, 5.74) is 0.895. The standard InChI is InChI=1S/C34H30F5N7O2/c1-21-2-12-28-27(18-21)31-41-42-43-46(31)20-32(28,48)33(35,36)29-13-7-24(19-40-29)22-3-8-25(9-4-22)44-14-16-45(17-15-44)26-10-5-23(6-11-26)30(47)34(37,38)39/h2-13,18-19,30,47-48H,14-17,20H2,1H3/t30?,32-/m0/s1. The number of anilines is 2. The molecule has 248 valence electrons. The minimum absolute atomic E-state index is 0.0291. The van der Waals surface area contributed by atoms with Crippen molar-refractivity contribution in [3.05, 3.63) is 107 Å². The number of tetrazole rings is 1. The molecular formula is C34H30F5N7O2. The van der Waals surface area contributed by atoms with Gasteiger partial charge in [-0.05, 0) is 64.9 Å². The lowest BCUT2D eigenvalue weighted by molar-refractivity contribution is -0.207. The molecule has 3 aromatic carbocycles. The van der Waals surface area contributed by atoms with Crippen LogP contribution in [0.5, 0.6) is 0 Å². The molecular weight excluding hydrogens is 633 g/mol. The summed E-state index contributed by atoms with van der Waals surface area (Å²) in [4.78, 5) is 8.36. The summed E-state index contributed by atoms with van der Waals surface area (Å²) in [7, 11) is 0. The van der Waals surface area contributed by atoms with Gasteiger partial charge < -0.3 is 20.0 Å². The number of aromatic nitrogens is 5. The van der Waals surface area contributed by atoms with Crippen LogP contribution in [0.3, 0.4) is 0 Å². The Hall–Kier alpha value is -4.95. The Labute approximate surface area is 271 Å². The van der Waals surface area contributed by atoms with Crippen LogP contribution >= 0.6 is 0 Å². The number of rotatable bonds is 6. The van der Waals surface area contributed by atoms with Gasteiger partial charge >= 0.3 is 12.1 Å². The number of fused-ring (bicyclic) bond motifs is 3. The molecule has 1 saturated heterocycles. The van der Waals surface area contributed by atoms with Crippen LogP contribution < -0.4 is 9.80 Å². The van der Waals surface area contributed by atoms with Crippen LogP contribution in [0.2, 0.25) is 0 Å². The first-order valence-corrected chi connectivity index (χ1v) is 15.2. The number of piperazine rings is 1. The molecule has 14 heteroatoms. The molecule has 2 N–H and O–H groups in total. The summed E-state index contributed by atoms with van der Waals surface area (Å²) in [5.74, 6) is -3.47. The number of alkyl halides is 5. The molecule has 9 nitrogen and oxygen atoms in total. The molecule has 1 fully saturated rings. The Balaban J connectivity index is 1.03. The second kappa shape index (κ2) is 11.6. The predicted octanol–water partition coefficient (Wildman–Crippen LogP) is 5.63. The van der Waals surface area contributed by atoms with Crippen molar-refractivity contribution < 1.29 is 32.2 Å². The van der Waals surface area contributed by atoms with Gasteiger partial charge in [0.2, 0.25) is 0 Å². The molecule has 0 aliphatic carbocycles. The van der Waals surface area contributed by atoms with Crippen LogP contribution in [0.15, 0.2) is 85.1 Å². The number of halogens is 5. The van der Waals surface area contributed by atoms with E-state index in [1.165, 1.54) is 35.1 Å². The van der Waals surface area contributed by atoms with E-state index in [2.05, 4.69) is 30.3 Å². The topological polar surface area (TPSA) is 103 Å². The van der Waals surface area contributed by atoms with Crippen LogP contribution in [-0.4, -0.2) is 67.8 Å². The van der Waals surface area contributed by atoms with E-state index in [-0.39, 0.29) is 11.1 Å². The summed E-state index contributed by atoms with van der Waals surface area (Å²) in [6, 6.07) is 21.0. The fraction of sp³-hybridized carbons (Fsp3) is 0.294. The molecule has 0 amide bonds. The van der Waals surface area contributed by atoms with Crippen molar-refractivity contribution in [2.75, 3.05) is 36.0 Å². The molecule has 2 aliphatic rings. The third-order valence-corrected chi connectivity index (χ3v) is 9.11. The maximum absolute atomic E-state index is 16.2. The van der Waals surface area contributed by atoms with E-state index in [9.17, 15) is 23.4 Å². The molecule has 7 rings (SSSR count). The van der Waals surface area contributed by atoms with E-state index >= 15 is 8.78 Å². The molecule has 2 aromatic heterocycles. The highest BCUT2D eigenvalue weighted by Gasteiger charge is 2.59. The quantitative estimate of drug-likeness (QED) is 0.226. The molecule has 5 aromatic rings. The Bertz CT molecular complexity index is 1920. The van der Waals surface area contributed by atoms with Crippen LogP contribution in [-0.2, 0) is 18.1 Å². The number of aryl methyl sites for hydroxylation is 1. The maximum atomic E-state index is 16.2. The van der Waals surface area contributed by atoms with E-state index in [1.54, 1.807) is 30.3 Å². The average Bonchev–Trinajstić information content (AvgIpc) is 3.56. The van der Waals surface area contributed by atoms with E-state index in [4.69, 9.17) is 0 Å². The Morgan fingerprint density at radius 2 is 1.40 bits per heavy atom. The fourth-order valence-electron chi connectivity index (χ4n) is 6.38. The van der Waals surface area contributed by atoms with Crippen LogP contribution in [0.4, 0.5) is 33.3 Å². The molecule has 2 atom stereocenters. The number of pyridine rings is 1. The molecule has 0 spiro atoms. The summed E-state index contributed by atoms with van der Waals surface area (Å²) in [6.07, 6.45) is -5.87. The monoisotopic (exact) mass is 663 g/mol. The lowest BCUT2D eigenvalue weighted by Crippen LogP contribution is -2.49. The number of hydrogen-bond donors (Lipinski definition) is 2. The highest BCUT2D eigenvalue weighted by molar-refractivity contribution is 5.67. The van der Waals surface area contributed by atoms with Crippen molar-refractivity contribution in [2.45, 2.75) is 37.3 Å². The molecule has 4 heterocycles. The molecule has 0 saturated carbocycles. The Morgan fingerprint density at radius 3 is 1.98 bits per heavy atom. The second-order valence-electron chi connectivity index (χ2n) is 12.1. The highest BCUT2D eigenvalue weighted by atomic mass is 19.4. The highest BCUT2D eigenvalue weighted by Crippen LogP contribution is 2.50. The zero-order chi connectivity index (χ0) is 33.8. The molecule has 0 bridgehead atoms. The van der Waals surface area contributed by atoms with Crippen LogP contribution in [0, 0.1) is 6.92 Å². The molecule has 0 radical (unpaired) electrons. The van der Waals surface area contributed by atoms with E-state index in [0.717, 1.165) is 22.5 Å². The number of nitrogens with zero attached hydrogens (tertiary/aromatic N) is 7. The Kier molecular flexibility index (Phi) is 7.67. The number of benzene rings is 3. The zero-order valence-corrected chi connectivity index (χ0v) is 25.6. The normalized spacial score (nSPS) is 18.8. The van der Waals surface area contributed by atoms with E-state index < -0.39 is 36.0 Å². The van der Waals surface area contributed by atoms with Crippen molar-refractivity contribution in [3.8, 4) is 22.5 Å². The third-order valence-electron chi connectivity index (χ3n) is 9.11. The third kappa shape index (κ3) is 5.44. The first-order valence-electron chi connectivity index (χ1n) is 15.2. The van der Waals surface area contributed by atoms with Crippen LogP contribution in [0.1, 0.15) is 28.5 Å². The van der Waals surface area contributed by atoms with Crippen molar-refractivity contribution >= 4 is 11.4 Å². The van der Waals surface area contributed by atoms with E-state index in [1.807, 2.05) is 31.2 Å². The van der Waals surface area contributed by atoms with Gasteiger partial charge in [0.25, 0.3) is 0 Å². The maximum Gasteiger partial charge on any atom is 0.418 e. The number of aliphatic hydroxyl groups excluding tert-OH is 1. The van der Waals surface area contributed by atoms with Crippen molar-refractivity contribution in [1.29, 1.82) is 0 Å². The van der Waals surface area contributed by atoms with Crippen LogP contribution in [0.25, 0.3) is 22.5 Å². The summed E-state index contributed by atoms with van der Waals surface area (Å²) < 4.78 is 72.0. The largest absolute Gasteiger partial charge is 0.418 e. The van der Waals surface area contributed by atoms with Gasteiger partial charge in [-0.25, -0.2) is 4.68 Å². The predicted molar refractivity (Wildman–Crippen MR) is 167 cm³/mol. The SMILES string of the molecule is Cc1ccc2c(c1)-c1nnnn1C[C@@]2(O)C(F)(F)c1ccc(-c2ccc(N3CCN(c4ccc(C(O)C(F)(F)F)cc4)CC3)cc2)cn1. The van der Waals surface area contributed by atoms with Crippen molar-refractivity contribution in [3.63, 3.8) is 0 Å². The first kappa shape index (κ1) is 31.6. The number of aliphatic hydroxyl groups is 2. The van der Waals surface area contributed by atoms with Gasteiger partial charge in [0.15, 0.2) is 17.5 Å². The summed E-state index contributed by atoms with van der Waals surface area (Å²) in [5, 5.41) is 32.4. The lowest BCUT2D eigenvalue weighted by atomic mass is 9.79. The van der Waals surface area contributed by atoms with Gasteiger partial charge in [-0.1, -0.05) is 48.0 Å². The second-order valence-corrected chi connectivity index (χ2v) is 12.1. The Morgan fingerprint density at radius 1 is 0.792 bits per heavy atom. The van der Waals surface area contributed by atoms with Gasteiger partial charge in [0.05, 0.1) is 6.54 Å². The first-order chi connectivity index (χ1) is 22.8. The smallest absolute Gasteiger partial charge is 0.379 e. The minimum Gasteiger partial charge on any atom is -0.379 e. The van der Waals surface area contributed by atoms with Gasteiger partial charge in [-0.2, -0.15) is 22.0 Å². The van der Waals surface area contributed by atoms with Gasteiger partial charge in [-0.15, -0.1) is 5.10 Å². The zero-order valence-electron chi connectivity index (χ0n) is 25.6. The average molecular weight is 664 g/mol. The van der Waals surface area contributed by atoms with E-state index in [0.29, 0.717) is 43.1 Å². The summed E-state index contributed by atoms with van der Waals surface area (Å²) >= 11 is 0. The van der Waals surface area contributed by atoms with Gasteiger partial charge in [-0.3, -0.25) is 4.98 Å². The number of hydrogen-bond acceptors (Lipinski definition) is 8. The molecule has 2 aliphatic heterocycles. The fourth-order valence-corrected chi connectivity index (χ4v) is 6.38. The minimum atomic E-state index is -4.72.